The molecule has 7 nitrogen and oxygen atoms in total. The van der Waals surface area contributed by atoms with Crippen LogP contribution >= 0.6 is 0 Å². The molecule has 0 aliphatic carbocycles. The van der Waals surface area contributed by atoms with Gasteiger partial charge in [-0.2, -0.15) is 0 Å². The summed E-state index contributed by atoms with van der Waals surface area (Å²) in [5.74, 6) is -0.840. The quantitative estimate of drug-likeness (QED) is 0.510. The molecule has 0 aromatic heterocycles. The number of carbonyl (C=O) groups excluding carboxylic acids is 2. The topological polar surface area (TPSA) is 102 Å². The Kier molecular flexibility index (Phi) is 6.95. The molecule has 0 saturated carbocycles. The van der Waals surface area contributed by atoms with Crippen molar-refractivity contribution in [1.29, 1.82) is 0 Å². The summed E-state index contributed by atoms with van der Waals surface area (Å²) in [5, 5.41) is 2.71. The van der Waals surface area contributed by atoms with Gasteiger partial charge in [-0.25, -0.2) is 13.2 Å². The van der Waals surface area contributed by atoms with E-state index in [1.807, 2.05) is 19.1 Å². The van der Waals surface area contributed by atoms with Gasteiger partial charge in [-0.1, -0.05) is 18.2 Å². The summed E-state index contributed by atoms with van der Waals surface area (Å²) < 4.78 is 32.9. The fourth-order valence-electron chi connectivity index (χ4n) is 2.85. The highest BCUT2D eigenvalue weighted by Crippen LogP contribution is 2.20. The molecule has 0 bridgehead atoms. The Morgan fingerprint density at radius 3 is 2.03 bits per heavy atom. The molecule has 0 heterocycles. The van der Waals surface area contributed by atoms with Crippen molar-refractivity contribution in [2.75, 3.05) is 10.0 Å². The van der Waals surface area contributed by atoms with E-state index in [1.165, 1.54) is 24.3 Å². The molecule has 0 atom stereocenters. The van der Waals surface area contributed by atoms with Gasteiger partial charge in [0.1, 0.15) is 0 Å². The second-order valence-corrected chi connectivity index (χ2v) is 9.11. The van der Waals surface area contributed by atoms with E-state index in [9.17, 15) is 18.0 Å². The summed E-state index contributed by atoms with van der Waals surface area (Å²) >= 11 is 0. The van der Waals surface area contributed by atoms with Crippen LogP contribution in [0.1, 0.15) is 40.1 Å². The maximum atomic E-state index is 12.6. The maximum Gasteiger partial charge on any atom is 0.338 e. The van der Waals surface area contributed by atoms with Crippen molar-refractivity contribution in [3.05, 3.63) is 89.5 Å². The first-order chi connectivity index (χ1) is 15.2. The van der Waals surface area contributed by atoms with Crippen molar-refractivity contribution in [2.24, 2.45) is 0 Å². The Bertz CT molecular complexity index is 1220. The first kappa shape index (κ1) is 23.0. The molecule has 0 fully saturated rings. The summed E-state index contributed by atoms with van der Waals surface area (Å²) in [7, 11) is -3.78. The predicted molar refractivity (Wildman–Crippen MR) is 123 cm³/mol. The fourth-order valence-corrected chi connectivity index (χ4v) is 3.98. The Hall–Kier alpha value is -3.65. The highest BCUT2D eigenvalue weighted by atomic mass is 32.2. The first-order valence-electron chi connectivity index (χ1n) is 9.96. The number of hydrogen-bond donors (Lipinski definition) is 2. The van der Waals surface area contributed by atoms with Crippen molar-refractivity contribution in [1.82, 2.24) is 0 Å². The molecule has 3 rings (SSSR count). The Balaban J connectivity index is 1.67. The molecule has 0 unspecified atom stereocenters. The number of sulfonamides is 1. The molecule has 3 aromatic carbocycles. The van der Waals surface area contributed by atoms with E-state index in [0.29, 0.717) is 22.5 Å². The number of carbonyl (C=O) groups is 2. The van der Waals surface area contributed by atoms with Crippen LogP contribution in [-0.4, -0.2) is 26.4 Å². The van der Waals surface area contributed by atoms with Crippen LogP contribution in [0.2, 0.25) is 0 Å². The third kappa shape index (κ3) is 5.73. The minimum atomic E-state index is -3.78. The van der Waals surface area contributed by atoms with Crippen LogP contribution in [0.15, 0.2) is 77.7 Å². The zero-order chi connectivity index (χ0) is 23.3. The number of benzene rings is 3. The zero-order valence-electron chi connectivity index (χ0n) is 18.0. The normalized spacial score (nSPS) is 11.1. The zero-order valence-corrected chi connectivity index (χ0v) is 18.8. The average molecular weight is 453 g/mol. The summed E-state index contributed by atoms with van der Waals surface area (Å²) in [6, 6.07) is 19.0. The minimum Gasteiger partial charge on any atom is -0.459 e. The Labute approximate surface area is 187 Å². The second kappa shape index (κ2) is 9.65. The Morgan fingerprint density at radius 1 is 0.844 bits per heavy atom. The van der Waals surface area contributed by atoms with Crippen LogP contribution in [0.5, 0.6) is 0 Å². The van der Waals surface area contributed by atoms with Gasteiger partial charge < -0.3 is 10.1 Å². The first-order valence-corrected chi connectivity index (χ1v) is 11.4. The van der Waals surface area contributed by atoms with Gasteiger partial charge in [0.05, 0.1) is 22.3 Å². The Morgan fingerprint density at radius 2 is 1.44 bits per heavy atom. The number of aryl methyl sites for hydroxylation is 1. The fraction of sp³-hybridized carbons (Fsp3) is 0.167. The summed E-state index contributed by atoms with van der Waals surface area (Å²) in [4.78, 5) is 24.4. The van der Waals surface area contributed by atoms with Crippen molar-refractivity contribution in [3.8, 4) is 0 Å². The number of para-hydroxylation sites is 1. The van der Waals surface area contributed by atoms with Gasteiger partial charge >= 0.3 is 5.97 Å². The van der Waals surface area contributed by atoms with Gasteiger partial charge in [-0.3, -0.25) is 9.52 Å². The molecule has 2 N–H and O–H groups in total. The van der Waals surface area contributed by atoms with Gasteiger partial charge in [0.25, 0.3) is 15.9 Å². The van der Waals surface area contributed by atoms with Crippen molar-refractivity contribution >= 4 is 33.3 Å². The lowest BCUT2D eigenvalue weighted by Gasteiger charge is -2.11. The van der Waals surface area contributed by atoms with Crippen LogP contribution in [0.3, 0.4) is 0 Å². The molecule has 0 saturated heterocycles. The summed E-state index contributed by atoms with van der Waals surface area (Å²) in [6.07, 6.45) is -0.222. The molecular weight excluding hydrogens is 428 g/mol. The molecule has 0 aliphatic heterocycles. The van der Waals surface area contributed by atoms with Crippen LogP contribution in [-0.2, 0) is 14.8 Å². The monoisotopic (exact) mass is 452 g/mol. The molecular formula is C24H24N2O5S. The smallest absolute Gasteiger partial charge is 0.338 e. The number of hydrogen-bond acceptors (Lipinski definition) is 5. The van der Waals surface area contributed by atoms with E-state index >= 15 is 0 Å². The summed E-state index contributed by atoms with van der Waals surface area (Å²) in [5.41, 5.74) is 2.47. The number of nitrogens with one attached hydrogen (secondary N) is 2. The number of amides is 1. The maximum absolute atomic E-state index is 12.6. The molecule has 1 amide bonds. The summed E-state index contributed by atoms with van der Waals surface area (Å²) in [6.45, 7) is 5.34. The highest BCUT2D eigenvalue weighted by molar-refractivity contribution is 7.92. The number of ether oxygens (including phenoxy) is 1. The van der Waals surface area contributed by atoms with E-state index in [2.05, 4.69) is 10.0 Å². The van der Waals surface area contributed by atoms with Crippen LogP contribution in [0, 0.1) is 6.92 Å². The van der Waals surface area contributed by atoms with Gasteiger partial charge in [0.15, 0.2) is 0 Å². The molecule has 0 spiro atoms. The van der Waals surface area contributed by atoms with Gasteiger partial charge in [-0.05, 0) is 80.9 Å². The second-order valence-electron chi connectivity index (χ2n) is 7.43. The largest absolute Gasteiger partial charge is 0.459 e. The van der Waals surface area contributed by atoms with Crippen LogP contribution in [0.4, 0.5) is 11.4 Å². The van der Waals surface area contributed by atoms with E-state index in [4.69, 9.17) is 4.74 Å². The van der Waals surface area contributed by atoms with E-state index < -0.39 is 21.9 Å². The van der Waals surface area contributed by atoms with E-state index in [1.54, 1.807) is 50.2 Å². The molecule has 166 valence electrons. The van der Waals surface area contributed by atoms with Gasteiger partial charge in [0.2, 0.25) is 0 Å². The average Bonchev–Trinajstić information content (AvgIpc) is 2.75. The van der Waals surface area contributed by atoms with Crippen molar-refractivity contribution in [2.45, 2.75) is 31.8 Å². The number of anilines is 2. The SMILES string of the molecule is Cc1ccccc1NS(=O)(=O)c1ccc(C(=O)Nc2ccc(C(=O)OC(C)C)cc2)cc1. The number of esters is 1. The lowest BCUT2D eigenvalue weighted by Crippen LogP contribution is -2.15. The molecule has 0 aliphatic rings. The lowest BCUT2D eigenvalue weighted by molar-refractivity contribution is 0.0378. The predicted octanol–water partition coefficient (Wildman–Crippen LogP) is 4.61. The van der Waals surface area contributed by atoms with Gasteiger partial charge in [0, 0.05) is 11.3 Å². The molecule has 0 radical (unpaired) electrons. The third-order valence-electron chi connectivity index (χ3n) is 4.54. The van der Waals surface area contributed by atoms with Gasteiger partial charge in [-0.15, -0.1) is 0 Å². The van der Waals surface area contributed by atoms with E-state index in [-0.39, 0.29) is 11.0 Å². The van der Waals surface area contributed by atoms with Crippen LogP contribution in [0.25, 0.3) is 0 Å². The molecule has 8 heteroatoms. The van der Waals surface area contributed by atoms with Crippen molar-refractivity contribution < 1.29 is 22.7 Å². The third-order valence-corrected chi connectivity index (χ3v) is 5.92. The standard InChI is InChI=1S/C24H24N2O5S/c1-16(2)31-24(28)19-8-12-20(13-9-19)25-23(27)18-10-14-21(15-11-18)32(29,30)26-22-7-5-4-6-17(22)3/h4-16,26H,1-3H3,(H,25,27). The highest BCUT2D eigenvalue weighted by Gasteiger charge is 2.16. The van der Waals surface area contributed by atoms with E-state index in [0.717, 1.165) is 5.56 Å². The van der Waals surface area contributed by atoms with Crippen molar-refractivity contribution in [3.63, 3.8) is 0 Å². The minimum absolute atomic E-state index is 0.0466. The number of rotatable bonds is 7. The van der Waals surface area contributed by atoms with Crippen LogP contribution < -0.4 is 10.0 Å². The molecule has 3 aromatic rings. The lowest BCUT2D eigenvalue weighted by atomic mass is 10.2. The molecule has 32 heavy (non-hydrogen) atoms.